The summed E-state index contributed by atoms with van der Waals surface area (Å²) < 4.78 is 0. The van der Waals surface area contributed by atoms with Crippen LogP contribution in [0.4, 0.5) is 0 Å². The number of rotatable bonds is 5. The van der Waals surface area contributed by atoms with E-state index < -0.39 is 0 Å². The van der Waals surface area contributed by atoms with Crippen molar-refractivity contribution < 1.29 is 0 Å². The first-order valence-electron chi connectivity index (χ1n) is 7.84. The van der Waals surface area contributed by atoms with Crippen LogP contribution in [0.5, 0.6) is 0 Å². The fourth-order valence-corrected chi connectivity index (χ4v) is 4.35. The number of nitrogens with one attached hydrogen (secondary N) is 1. The predicted octanol–water partition coefficient (Wildman–Crippen LogP) is 3.24. The van der Waals surface area contributed by atoms with Crippen LogP contribution in [0, 0.1) is 6.92 Å². The van der Waals surface area contributed by atoms with Crippen LogP contribution in [0.1, 0.15) is 49.2 Å². The highest BCUT2D eigenvalue weighted by Gasteiger charge is 2.40. The third-order valence-corrected chi connectivity index (χ3v) is 5.76. The molecule has 0 spiro atoms. The molecule has 1 atom stereocenters. The Kier molecular flexibility index (Phi) is 5.58. The van der Waals surface area contributed by atoms with Crippen molar-refractivity contribution >= 4 is 11.3 Å². The second-order valence-corrected chi connectivity index (χ2v) is 7.38. The molecular weight excluding hydrogens is 266 g/mol. The van der Waals surface area contributed by atoms with Gasteiger partial charge in [-0.15, -0.1) is 11.3 Å². The molecule has 0 amide bonds. The van der Waals surface area contributed by atoms with Crippen molar-refractivity contribution in [3.05, 3.63) is 16.1 Å². The lowest BCUT2D eigenvalue weighted by Gasteiger charge is -2.46. The molecule has 0 saturated heterocycles. The van der Waals surface area contributed by atoms with Gasteiger partial charge < -0.3 is 10.2 Å². The molecule has 1 aromatic heterocycles. The lowest BCUT2D eigenvalue weighted by molar-refractivity contribution is 0.0832. The van der Waals surface area contributed by atoms with E-state index in [4.69, 9.17) is 0 Å². The molecule has 0 radical (unpaired) electrons. The van der Waals surface area contributed by atoms with Crippen LogP contribution < -0.4 is 5.32 Å². The highest BCUT2D eigenvalue weighted by atomic mass is 32.1. The molecule has 0 bridgehead atoms. The molecular formula is C16H29N3S. The summed E-state index contributed by atoms with van der Waals surface area (Å²) in [4.78, 5) is 7.14. The number of aromatic nitrogens is 1. The first kappa shape index (κ1) is 15.9. The van der Waals surface area contributed by atoms with E-state index in [9.17, 15) is 0 Å². The molecule has 1 fully saturated rings. The Bertz CT molecular complexity index is 406. The monoisotopic (exact) mass is 295 g/mol. The number of nitrogens with zero attached hydrogens (tertiary/aromatic N) is 2. The van der Waals surface area contributed by atoms with E-state index in [1.165, 1.54) is 49.2 Å². The molecule has 0 aliphatic heterocycles. The quantitative estimate of drug-likeness (QED) is 0.845. The first-order chi connectivity index (χ1) is 9.58. The summed E-state index contributed by atoms with van der Waals surface area (Å²) in [7, 11) is 6.62. The maximum absolute atomic E-state index is 4.67. The van der Waals surface area contributed by atoms with Gasteiger partial charge >= 0.3 is 0 Å². The Balaban J connectivity index is 2.19. The minimum atomic E-state index is 0.281. The van der Waals surface area contributed by atoms with Crippen molar-refractivity contribution in [2.24, 2.45) is 0 Å². The zero-order valence-corrected chi connectivity index (χ0v) is 14.2. The van der Waals surface area contributed by atoms with Gasteiger partial charge in [-0.3, -0.25) is 0 Å². The van der Waals surface area contributed by atoms with Crippen molar-refractivity contribution in [3.63, 3.8) is 0 Å². The lowest BCUT2D eigenvalue weighted by Crippen LogP contribution is -2.59. The van der Waals surface area contributed by atoms with Crippen LogP contribution in [0.15, 0.2) is 5.38 Å². The normalized spacial score (nSPS) is 20.9. The van der Waals surface area contributed by atoms with E-state index in [0.29, 0.717) is 6.04 Å². The summed E-state index contributed by atoms with van der Waals surface area (Å²) in [5, 5.41) is 7.00. The van der Waals surface area contributed by atoms with Crippen LogP contribution in [0.3, 0.4) is 0 Å². The molecule has 1 aliphatic rings. The topological polar surface area (TPSA) is 28.2 Å². The zero-order chi connectivity index (χ0) is 14.6. The van der Waals surface area contributed by atoms with Gasteiger partial charge in [0.05, 0.1) is 10.7 Å². The molecule has 1 saturated carbocycles. The van der Waals surface area contributed by atoms with Crippen molar-refractivity contribution in [2.45, 2.75) is 63.5 Å². The Labute approximate surface area is 127 Å². The van der Waals surface area contributed by atoms with E-state index in [1.54, 1.807) is 11.3 Å². The molecule has 1 aliphatic carbocycles. The Morgan fingerprint density at radius 2 is 1.95 bits per heavy atom. The number of likely N-dealkylation sites (N-methyl/N-ethyl adjacent to an activating group) is 2. The highest BCUT2D eigenvalue weighted by Crippen LogP contribution is 2.35. The smallest absolute Gasteiger partial charge is 0.0897 e. The summed E-state index contributed by atoms with van der Waals surface area (Å²) in [6, 6.07) is 0.483. The van der Waals surface area contributed by atoms with Crippen LogP contribution in [-0.2, 0) is 6.42 Å². The Morgan fingerprint density at radius 1 is 1.30 bits per heavy atom. The van der Waals surface area contributed by atoms with Gasteiger partial charge in [0.25, 0.3) is 0 Å². The molecule has 3 nitrogen and oxygen atoms in total. The molecule has 114 valence electrons. The number of thiazole rings is 1. The summed E-state index contributed by atoms with van der Waals surface area (Å²) in [5.74, 6) is 0. The van der Waals surface area contributed by atoms with E-state index >= 15 is 0 Å². The van der Waals surface area contributed by atoms with E-state index in [0.717, 1.165) is 6.42 Å². The van der Waals surface area contributed by atoms with Crippen molar-refractivity contribution in [1.29, 1.82) is 0 Å². The lowest BCUT2D eigenvalue weighted by atomic mass is 9.79. The Morgan fingerprint density at radius 3 is 2.40 bits per heavy atom. The minimum Gasteiger partial charge on any atom is -0.315 e. The SMILES string of the molecule is CNC(Cc1csc(C)n1)C1(N(C)C)CCCCCC1. The molecule has 20 heavy (non-hydrogen) atoms. The van der Waals surface area contributed by atoms with Gasteiger partial charge in [-0.25, -0.2) is 4.98 Å². The number of hydrogen-bond donors (Lipinski definition) is 1. The van der Waals surface area contributed by atoms with Crippen molar-refractivity contribution in [3.8, 4) is 0 Å². The van der Waals surface area contributed by atoms with Crippen LogP contribution >= 0.6 is 11.3 Å². The van der Waals surface area contributed by atoms with Gasteiger partial charge in [0.2, 0.25) is 0 Å². The molecule has 1 heterocycles. The number of aryl methyl sites for hydroxylation is 1. The van der Waals surface area contributed by atoms with Crippen molar-refractivity contribution in [2.75, 3.05) is 21.1 Å². The molecule has 4 heteroatoms. The summed E-state index contributed by atoms with van der Waals surface area (Å²) in [6.45, 7) is 2.09. The van der Waals surface area contributed by atoms with Gasteiger partial charge in [0.1, 0.15) is 0 Å². The van der Waals surface area contributed by atoms with Gasteiger partial charge in [-0.05, 0) is 40.9 Å². The maximum atomic E-state index is 4.67. The fraction of sp³-hybridized carbons (Fsp3) is 0.812. The number of hydrogen-bond acceptors (Lipinski definition) is 4. The highest BCUT2D eigenvalue weighted by molar-refractivity contribution is 7.09. The van der Waals surface area contributed by atoms with Gasteiger partial charge in [-0.2, -0.15) is 0 Å². The van der Waals surface area contributed by atoms with Crippen LogP contribution in [0.25, 0.3) is 0 Å². The van der Waals surface area contributed by atoms with Crippen molar-refractivity contribution in [1.82, 2.24) is 15.2 Å². The summed E-state index contributed by atoms with van der Waals surface area (Å²) in [6.07, 6.45) is 9.13. The average Bonchev–Trinajstić information content (AvgIpc) is 2.68. The van der Waals surface area contributed by atoms with Crippen LogP contribution in [0.2, 0.25) is 0 Å². The van der Waals surface area contributed by atoms with E-state index in [2.05, 4.69) is 48.6 Å². The standard InChI is InChI=1S/C16H29N3S/c1-13-18-14(12-20-13)11-15(17-2)16(19(3)4)9-7-5-6-8-10-16/h12,15,17H,5-11H2,1-4H3. The molecule has 1 N–H and O–H groups in total. The summed E-state index contributed by atoms with van der Waals surface area (Å²) >= 11 is 1.76. The minimum absolute atomic E-state index is 0.281. The maximum Gasteiger partial charge on any atom is 0.0897 e. The molecule has 1 aromatic rings. The van der Waals surface area contributed by atoms with Gasteiger partial charge in [0.15, 0.2) is 0 Å². The molecule has 1 unspecified atom stereocenters. The van der Waals surface area contributed by atoms with E-state index in [-0.39, 0.29) is 5.54 Å². The van der Waals surface area contributed by atoms with Crippen LogP contribution in [-0.4, -0.2) is 42.6 Å². The first-order valence-corrected chi connectivity index (χ1v) is 8.72. The van der Waals surface area contributed by atoms with E-state index in [1.807, 2.05) is 0 Å². The molecule has 2 rings (SSSR count). The Hall–Kier alpha value is -0.450. The average molecular weight is 295 g/mol. The predicted molar refractivity (Wildman–Crippen MR) is 87.5 cm³/mol. The zero-order valence-electron chi connectivity index (χ0n) is 13.4. The largest absolute Gasteiger partial charge is 0.315 e. The third-order valence-electron chi connectivity index (χ3n) is 4.94. The van der Waals surface area contributed by atoms with Gasteiger partial charge in [0, 0.05) is 23.4 Å². The summed E-state index contributed by atoms with van der Waals surface area (Å²) in [5.41, 5.74) is 1.53. The van der Waals surface area contributed by atoms with Gasteiger partial charge in [-0.1, -0.05) is 25.7 Å². The molecule has 0 aromatic carbocycles. The second-order valence-electron chi connectivity index (χ2n) is 6.32. The third kappa shape index (κ3) is 3.41. The second kappa shape index (κ2) is 7.01. The fourth-order valence-electron chi connectivity index (χ4n) is 3.72.